The molecular weight excluding hydrogens is 328 g/mol. The molecule has 4 nitrogen and oxygen atoms in total. The van der Waals surface area contributed by atoms with Crippen molar-refractivity contribution in [3.63, 3.8) is 0 Å². The van der Waals surface area contributed by atoms with Crippen LogP contribution in [0, 0.1) is 0 Å². The van der Waals surface area contributed by atoms with Gasteiger partial charge in [0.1, 0.15) is 17.5 Å². The minimum Gasteiger partial charge on any atom is -0.373 e. The van der Waals surface area contributed by atoms with Crippen LogP contribution in [-0.4, -0.2) is 24.1 Å². The molecule has 0 unspecified atom stereocenters. The molecule has 0 bridgehead atoms. The Morgan fingerprint density at radius 1 is 1.29 bits per heavy atom. The zero-order valence-electron chi connectivity index (χ0n) is 12.3. The summed E-state index contributed by atoms with van der Waals surface area (Å²) in [6.45, 7) is 0.823. The van der Waals surface area contributed by atoms with Crippen molar-refractivity contribution in [1.82, 2.24) is 9.97 Å². The molecule has 0 aliphatic heterocycles. The first-order valence-electron chi connectivity index (χ1n) is 7.18. The van der Waals surface area contributed by atoms with Gasteiger partial charge in [-0.25, -0.2) is 9.97 Å². The molecule has 0 radical (unpaired) electrons. The van der Waals surface area contributed by atoms with Gasteiger partial charge in [0.15, 0.2) is 0 Å². The topological polar surface area (TPSA) is 41.0 Å². The number of benzene rings is 1. The van der Waals surface area contributed by atoms with E-state index in [-0.39, 0.29) is 0 Å². The Bertz CT molecular complexity index is 640. The van der Waals surface area contributed by atoms with Gasteiger partial charge in [0.25, 0.3) is 0 Å². The summed E-state index contributed by atoms with van der Waals surface area (Å²) < 4.78 is 1.10. The third kappa shape index (κ3) is 3.53. The third-order valence-electron chi connectivity index (χ3n) is 3.63. The van der Waals surface area contributed by atoms with Crippen molar-refractivity contribution < 1.29 is 0 Å². The van der Waals surface area contributed by atoms with Gasteiger partial charge in [0.05, 0.1) is 0 Å². The highest BCUT2D eigenvalue weighted by Gasteiger charge is 2.27. The molecule has 1 aromatic heterocycles. The molecule has 21 heavy (non-hydrogen) atoms. The summed E-state index contributed by atoms with van der Waals surface area (Å²) in [6, 6.07) is 10.4. The average Bonchev–Trinajstić information content (AvgIpc) is 3.31. The fourth-order valence-electron chi connectivity index (χ4n) is 2.29. The number of aromatic nitrogens is 2. The van der Waals surface area contributed by atoms with Crippen LogP contribution in [0.25, 0.3) is 0 Å². The molecule has 0 saturated heterocycles. The van der Waals surface area contributed by atoms with Gasteiger partial charge in [-0.15, -0.1) is 0 Å². The average molecular weight is 347 g/mol. The molecule has 3 rings (SSSR count). The number of halogens is 1. The second kappa shape index (κ2) is 6.02. The van der Waals surface area contributed by atoms with Crippen LogP contribution in [0.3, 0.4) is 0 Å². The van der Waals surface area contributed by atoms with Gasteiger partial charge < -0.3 is 10.2 Å². The molecule has 1 aliphatic carbocycles. The van der Waals surface area contributed by atoms with E-state index in [9.17, 15) is 0 Å². The summed E-state index contributed by atoms with van der Waals surface area (Å²) in [5.74, 6) is 3.38. The summed E-state index contributed by atoms with van der Waals surface area (Å²) >= 11 is 3.52. The lowest BCUT2D eigenvalue weighted by Crippen LogP contribution is -2.19. The van der Waals surface area contributed by atoms with Gasteiger partial charge in [0, 0.05) is 37.1 Å². The second-order valence-electron chi connectivity index (χ2n) is 5.48. The van der Waals surface area contributed by atoms with E-state index in [4.69, 9.17) is 4.98 Å². The van der Waals surface area contributed by atoms with Crippen LogP contribution in [0.4, 0.5) is 11.6 Å². The Kier molecular flexibility index (Phi) is 4.10. The van der Waals surface area contributed by atoms with Gasteiger partial charge in [-0.1, -0.05) is 28.1 Å². The molecule has 1 fully saturated rings. The number of hydrogen-bond acceptors (Lipinski definition) is 4. The molecule has 110 valence electrons. The van der Waals surface area contributed by atoms with E-state index < -0.39 is 0 Å². The molecule has 1 saturated carbocycles. The minimum atomic E-state index is 0.552. The SMILES string of the molecule is CNc1cc(N(C)Cc2cccc(Br)c2)nc(C2CC2)n1. The Labute approximate surface area is 133 Å². The van der Waals surface area contributed by atoms with Crippen molar-refractivity contribution in [3.8, 4) is 0 Å². The number of anilines is 2. The maximum absolute atomic E-state index is 4.72. The monoisotopic (exact) mass is 346 g/mol. The van der Waals surface area contributed by atoms with Crippen molar-refractivity contribution in [2.24, 2.45) is 0 Å². The Morgan fingerprint density at radius 2 is 2.10 bits per heavy atom. The maximum atomic E-state index is 4.72. The molecule has 1 aliphatic rings. The standard InChI is InChI=1S/C16H19BrN4/c1-18-14-9-15(20-16(19-14)12-6-7-12)21(2)10-11-4-3-5-13(17)8-11/h3-5,8-9,12H,6-7,10H2,1-2H3,(H,18,19,20). The van der Waals surface area contributed by atoms with Gasteiger partial charge >= 0.3 is 0 Å². The highest BCUT2D eigenvalue weighted by molar-refractivity contribution is 9.10. The molecule has 2 aromatic rings. The summed E-state index contributed by atoms with van der Waals surface area (Å²) in [4.78, 5) is 11.4. The predicted octanol–water partition coefficient (Wildman–Crippen LogP) is 3.79. The first kappa shape index (κ1) is 14.3. The molecule has 0 amide bonds. The summed E-state index contributed by atoms with van der Waals surface area (Å²) in [5, 5.41) is 3.13. The van der Waals surface area contributed by atoms with Gasteiger partial charge in [-0.05, 0) is 30.5 Å². The first-order valence-corrected chi connectivity index (χ1v) is 7.97. The number of rotatable bonds is 5. The van der Waals surface area contributed by atoms with E-state index in [1.807, 2.05) is 19.2 Å². The van der Waals surface area contributed by atoms with Crippen molar-refractivity contribution in [2.45, 2.75) is 25.3 Å². The zero-order valence-corrected chi connectivity index (χ0v) is 13.9. The summed E-state index contributed by atoms with van der Waals surface area (Å²) in [6.07, 6.45) is 2.42. The normalized spacial score (nSPS) is 14.0. The van der Waals surface area contributed by atoms with Crippen molar-refractivity contribution in [3.05, 3.63) is 46.2 Å². The number of nitrogens with zero attached hydrogens (tertiary/aromatic N) is 3. The van der Waals surface area contributed by atoms with Crippen LogP contribution in [-0.2, 0) is 6.54 Å². The van der Waals surface area contributed by atoms with Crippen LogP contribution in [0.5, 0.6) is 0 Å². The number of hydrogen-bond donors (Lipinski definition) is 1. The van der Waals surface area contributed by atoms with Crippen molar-refractivity contribution in [1.29, 1.82) is 0 Å². The Hall–Kier alpha value is -1.62. The van der Waals surface area contributed by atoms with Crippen LogP contribution in [0.1, 0.15) is 30.1 Å². The second-order valence-corrected chi connectivity index (χ2v) is 6.40. The van der Waals surface area contributed by atoms with E-state index in [1.54, 1.807) is 0 Å². The van der Waals surface area contributed by atoms with Crippen LogP contribution in [0.15, 0.2) is 34.8 Å². The lowest BCUT2D eigenvalue weighted by atomic mass is 10.2. The van der Waals surface area contributed by atoms with Gasteiger partial charge in [-0.3, -0.25) is 0 Å². The lowest BCUT2D eigenvalue weighted by molar-refractivity contribution is 0.855. The largest absolute Gasteiger partial charge is 0.373 e. The molecular formula is C16H19BrN4. The quantitative estimate of drug-likeness (QED) is 0.893. The Balaban J connectivity index is 1.83. The van der Waals surface area contributed by atoms with Crippen molar-refractivity contribution >= 4 is 27.6 Å². The van der Waals surface area contributed by atoms with Gasteiger partial charge in [-0.2, -0.15) is 0 Å². The van der Waals surface area contributed by atoms with E-state index in [0.717, 1.165) is 28.5 Å². The Morgan fingerprint density at radius 3 is 2.76 bits per heavy atom. The summed E-state index contributed by atoms with van der Waals surface area (Å²) in [7, 11) is 3.97. The molecule has 1 heterocycles. The lowest BCUT2D eigenvalue weighted by Gasteiger charge is -2.20. The van der Waals surface area contributed by atoms with Crippen LogP contribution >= 0.6 is 15.9 Å². The molecule has 0 atom stereocenters. The van der Waals surface area contributed by atoms with Gasteiger partial charge in [0.2, 0.25) is 0 Å². The highest BCUT2D eigenvalue weighted by atomic mass is 79.9. The smallest absolute Gasteiger partial charge is 0.136 e. The van der Waals surface area contributed by atoms with Crippen molar-refractivity contribution in [2.75, 3.05) is 24.3 Å². The molecule has 1 N–H and O–H groups in total. The third-order valence-corrected chi connectivity index (χ3v) is 4.12. The van der Waals surface area contributed by atoms with E-state index in [2.05, 4.69) is 56.4 Å². The predicted molar refractivity (Wildman–Crippen MR) is 89.8 cm³/mol. The van der Waals surface area contributed by atoms with E-state index in [0.29, 0.717) is 5.92 Å². The first-order chi connectivity index (χ1) is 10.2. The minimum absolute atomic E-state index is 0.552. The van der Waals surface area contributed by atoms with Crippen LogP contribution in [0.2, 0.25) is 0 Å². The van der Waals surface area contributed by atoms with Crippen LogP contribution < -0.4 is 10.2 Å². The fraction of sp³-hybridized carbons (Fsp3) is 0.375. The molecule has 0 spiro atoms. The number of nitrogens with one attached hydrogen (secondary N) is 1. The molecule has 1 aromatic carbocycles. The molecule has 5 heteroatoms. The van der Waals surface area contributed by atoms with E-state index in [1.165, 1.54) is 18.4 Å². The maximum Gasteiger partial charge on any atom is 0.136 e. The zero-order chi connectivity index (χ0) is 14.8. The summed E-state index contributed by atoms with van der Waals surface area (Å²) in [5.41, 5.74) is 1.25. The highest BCUT2D eigenvalue weighted by Crippen LogP contribution is 2.39. The van der Waals surface area contributed by atoms with E-state index >= 15 is 0 Å². The fourth-order valence-corrected chi connectivity index (χ4v) is 2.74.